The quantitative estimate of drug-likeness (QED) is 0.676. The van der Waals surface area contributed by atoms with E-state index in [1.54, 1.807) is 0 Å². The van der Waals surface area contributed by atoms with Gasteiger partial charge in [0.1, 0.15) is 4.34 Å². The molecule has 1 aliphatic heterocycles. The lowest BCUT2D eigenvalue weighted by atomic mass is 10.1. The molecule has 1 aromatic rings. The average Bonchev–Trinajstić information content (AvgIpc) is 3.09. The molecule has 3 atom stereocenters. The molecular weight excluding hydrogens is 299 g/mol. The maximum Gasteiger partial charge on any atom is 0.272 e. The molecule has 3 N–H and O–H groups in total. The molecule has 2 bridgehead atoms. The van der Waals surface area contributed by atoms with Crippen molar-refractivity contribution in [1.29, 1.82) is 0 Å². The van der Waals surface area contributed by atoms with Crippen LogP contribution in [0, 0.1) is 11.2 Å². The van der Waals surface area contributed by atoms with E-state index in [-0.39, 0.29) is 0 Å². The Kier molecular flexibility index (Phi) is 4.75. The molecule has 20 heavy (non-hydrogen) atoms. The number of unbranched alkanes of at least 4 members (excludes halogenated alkanes) is 1. The predicted octanol–water partition coefficient (Wildman–Crippen LogP) is 2.47. The Morgan fingerprint density at radius 2 is 2.20 bits per heavy atom. The minimum Gasteiger partial charge on any atom is -0.368 e. The first-order valence-corrected chi connectivity index (χ1v) is 8.46. The third kappa shape index (κ3) is 3.24. The van der Waals surface area contributed by atoms with Crippen molar-refractivity contribution in [3.63, 3.8) is 0 Å². The minimum absolute atomic E-state index is 0.397. The van der Waals surface area contributed by atoms with Gasteiger partial charge in [-0.05, 0) is 44.7 Å². The van der Waals surface area contributed by atoms with Gasteiger partial charge in [0.25, 0.3) is 5.26 Å². The van der Waals surface area contributed by atoms with E-state index in [0.717, 1.165) is 43.2 Å². The number of anilines is 1. The second kappa shape index (κ2) is 6.56. The van der Waals surface area contributed by atoms with Crippen molar-refractivity contribution in [2.45, 2.75) is 37.8 Å². The van der Waals surface area contributed by atoms with Gasteiger partial charge in [-0.3, -0.25) is 0 Å². The molecule has 1 aliphatic carbocycles. The number of piperidine rings is 1. The van der Waals surface area contributed by atoms with Crippen molar-refractivity contribution in [3.05, 3.63) is 9.60 Å². The summed E-state index contributed by atoms with van der Waals surface area (Å²) < 4.78 is 13.2. The fraction of sp³-hybridized carbons (Fsp3) is 0.769. The van der Waals surface area contributed by atoms with Crippen LogP contribution in [0.15, 0.2) is 0 Å². The number of aromatic nitrogens is 1. The lowest BCUT2D eigenvalue weighted by molar-refractivity contribution is 0.447. The van der Waals surface area contributed by atoms with Crippen molar-refractivity contribution < 1.29 is 4.39 Å². The van der Waals surface area contributed by atoms with E-state index < -0.39 is 5.26 Å². The first-order valence-electron chi connectivity index (χ1n) is 7.26. The lowest BCUT2D eigenvalue weighted by Gasteiger charge is -2.16. The second-order valence-corrected chi connectivity index (χ2v) is 7.11. The van der Waals surface area contributed by atoms with Gasteiger partial charge in [0, 0.05) is 18.6 Å². The standard InChI is InChI=1S/C13H20ClFN4S/c14-11-12(19-13(15)20-11)17-6-2-1-5-16-10-8-3-4-9(10)18-7-8/h8-10,16-18H,1-7H2/t8-,9-,10+/m0/s1. The van der Waals surface area contributed by atoms with Crippen LogP contribution in [0.2, 0.25) is 4.34 Å². The maximum atomic E-state index is 12.8. The molecule has 0 amide bonds. The zero-order valence-electron chi connectivity index (χ0n) is 11.3. The zero-order chi connectivity index (χ0) is 13.9. The summed E-state index contributed by atoms with van der Waals surface area (Å²) in [5.74, 6) is 1.30. The van der Waals surface area contributed by atoms with Crippen LogP contribution < -0.4 is 16.0 Å². The largest absolute Gasteiger partial charge is 0.368 e. The molecule has 0 radical (unpaired) electrons. The number of nitrogens with one attached hydrogen (secondary N) is 3. The molecule has 4 nitrogen and oxygen atoms in total. The first-order chi connectivity index (χ1) is 9.74. The van der Waals surface area contributed by atoms with Gasteiger partial charge in [0.05, 0.1) is 0 Å². The van der Waals surface area contributed by atoms with E-state index in [1.165, 1.54) is 19.4 Å². The van der Waals surface area contributed by atoms with Gasteiger partial charge < -0.3 is 16.0 Å². The SMILES string of the molecule is Fc1nc(NCCCCN[C@@H]2[C@H]3CC[C@@H]2NC3)c(Cl)s1. The number of halogens is 2. The van der Waals surface area contributed by atoms with Crippen LogP contribution >= 0.6 is 22.9 Å². The average molecular weight is 319 g/mol. The van der Waals surface area contributed by atoms with E-state index in [4.69, 9.17) is 11.6 Å². The normalized spacial score (nSPS) is 28.2. The molecule has 7 heteroatoms. The number of fused-ring (bicyclic) bond motifs is 2. The first kappa shape index (κ1) is 14.5. The predicted molar refractivity (Wildman–Crippen MR) is 81.1 cm³/mol. The fourth-order valence-corrected chi connectivity index (χ4v) is 4.06. The molecule has 3 rings (SSSR count). The Hall–Kier alpha value is -0.430. The summed E-state index contributed by atoms with van der Waals surface area (Å²) >= 11 is 6.71. The Morgan fingerprint density at radius 3 is 2.80 bits per heavy atom. The summed E-state index contributed by atoms with van der Waals surface area (Å²) in [6, 6.07) is 1.36. The summed E-state index contributed by atoms with van der Waals surface area (Å²) in [5, 5.41) is 9.82. The molecule has 1 saturated carbocycles. The maximum absolute atomic E-state index is 12.8. The van der Waals surface area contributed by atoms with Crippen molar-refractivity contribution >= 4 is 28.8 Å². The Morgan fingerprint density at radius 1 is 1.35 bits per heavy atom. The molecule has 0 spiro atoms. The molecule has 2 fully saturated rings. The molecule has 1 saturated heterocycles. The van der Waals surface area contributed by atoms with Crippen LogP contribution in [-0.2, 0) is 0 Å². The van der Waals surface area contributed by atoms with E-state index in [1.807, 2.05) is 0 Å². The van der Waals surface area contributed by atoms with E-state index in [0.29, 0.717) is 22.2 Å². The van der Waals surface area contributed by atoms with E-state index in [9.17, 15) is 4.39 Å². The number of nitrogens with zero attached hydrogens (tertiary/aromatic N) is 1. The highest BCUT2D eigenvalue weighted by molar-refractivity contribution is 7.15. The summed E-state index contributed by atoms with van der Waals surface area (Å²) in [7, 11) is 0. The molecule has 2 aliphatic rings. The van der Waals surface area contributed by atoms with Crippen LogP contribution in [0.3, 0.4) is 0 Å². The number of rotatable bonds is 7. The van der Waals surface area contributed by atoms with E-state index >= 15 is 0 Å². The smallest absolute Gasteiger partial charge is 0.272 e. The minimum atomic E-state index is -0.483. The van der Waals surface area contributed by atoms with Gasteiger partial charge in [0.15, 0.2) is 5.82 Å². The van der Waals surface area contributed by atoms with Gasteiger partial charge in [-0.2, -0.15) is 9.37 Å². The zero-order valence-corrected chi connectivity index (χ0v) is 12.9. The highest BCUT2D eigenvalue weighted by Gasteiger charge is 2.40. The van der Waals surface area contributed by atoms with Gasteiger partial charge >= 0.3 is 0 Å². The number of hydrogen-bond donors (Lipinski definition) is 3. The van der Waals surface area contributed by atoms with Crippen LogP contribution in [0.5, 0.6) is 0 Å². The van der Waals surface area contributed by atoms with Crippen LogP contribution in [0.25, 0.3) is 0 Å². The van der Waals surface area contributed by atoms with Gasteiger partial charge in [-0.1, -0.05) is 22.9 Å². The summed E-state index contributed by atoms with van der Waals surface area (Å²) in [5.41, 5.74) is 0. The van der Waals surface area contributed by atoms with Gasteiger partial charge in [0.2, 0.25) is 0 Å². The van der Waals surface area contributed by atoms with Gasteiger partial charge in [-0.25, -0.2) is 0 Å². The highest BCUT2D eigenvalue weighted by atomic mass is 35.5. The van der Waals surface area contributed by atoms with Crippen molar-refractivity contribution in [2.75, 3.05) is 25.0 Å². The Bertz CT molecular complexity index is 436. The van der Waals surface area contributed by atoms with Crippen molar-refractivity contribution in [3.8, 4) is 0 Å². The monoisotopic (exact) mass is 318 g/mol. The Balaban J connectivity index is 1.28. The molecule has 112 valence electrons. The second-order valence-electron chi connectivity index (χ2n) is 5.56. The Labute approximate surface area is 127 Å². The molecular formula is C13H20ClFN4S. The molecule has 0 unspecified atom stereocenters. The van der Waals surface area contributed by atoms with Crippen molar-refractivity contribution in [2.24, 2.45) is 5.92 Å². The van der Waals surface area contributed by atoms with Crippen LogP contribution in [0.4, 0.5) is 10.2 Å². The van der Waals surface area contributed by atoms with E-state index in [2.05, 4.69) is 20.9 Å². The topological polar surface area (TPSA) is 49.0 Å². The fourth-order valence-electron chi connectivity index (χ4n) is 3.26. The molecule has 0 aromatic carbocycles. The van der Waals surface area contributed by atoms with Crippen LogP contribution in [-0.4, -0.2) is 36.7 Å². The summed E-state index contributed by atoms with van der Waals surface area (Å²) in [6.45, 7) is 3.00. The lowest BCUT2D eigenvalue weighted by Crippen LogP contribution is -2.39. The molecule has 2 heterocycles. The number of thiazole rings is 1. The van der Waals surface area contributed by atoms with Crippen LogP contribution in [0.1, 0.15) is 25.7 Å². The molecule has 1 aromatic heterocycles. The summed E-state index contributed by atoms with van der Waals surface area (Å²) in [6.07, 6.45) is 4.81. The van der Waals surface area contributed by atoms with Crippen molar-refractivity contribution in [1.82, 2.24) is 15.6 Å². The third-order valence-electron chi connectivity index (χ3n) is 4.27. The number of hydrogen-bond acceptors (Lipinski definition) is 5. The van der Waals surface area contributed by atoms with Gasteiger partial charge in [-0.15, -0.1) is 0 Å². The summed E-state index contributed by atoms with van der Waals surface area (Å²) in [4.78, 5) is 3.70. The highest BCUT2D eigenvalue weighted by Crippen LogP contribution is 2.31. The third-order valence-corrected chi connectivity index (χ3v) is 5.31.